The van der Waals surface area contributed by atoms with E-state index in [-0.39, 0.29) is 5.69 Å². The van der Waals surface area contributed by atoms with E-state index in [4.69, 9.17) is 10.2 Å². The maximum absolute atomic E-state index is 11.2. The fourth-order valence-corrected chi connectivity index (χ4v) is 3.12. The lowest BCUT2D eigenvalue weighted by Crippen LogP contribution is -2.10. The molecule has 0 spiro atoms. The average Bonchev–Trinajstić information content (AvgIpc) is 3.20. The fraction of sp³-hybridized carbons (Fsp3) is 0.150. The molecule has 4 aromatic rings. The van der Waals surface area contributed by atoms with E-state index >= 15 is 0 Å². The molecule has 0 saturated heterocycles. The van der Waals surface area contributed by atoms with E-state index < -0.39 is 5.97 Å². The highest BCUT2D eigenvalue weighted by atomic mass is 16.4. The SMILES string of the molecule is Cc1cc(Cn2nc(C(=O)O)cc2C)n2nc(-c3ccccc3)cc2c1. The minimum atomic E-state index is -1.02. The Labute approximate surface area is 150 Å². The highest BCUT2D eigenvalue weighted by Crippen LogP contribution is 2.22. The summed E-state index contributed by atoms with van der Waals surface area (Å²) in [6, 6.07) is 17.8. The predicted molar refractivity (Wildman–Crippen MR) is 98.4 cm³/mol. The van der Waals surface area contributed by atoms with Crippen molar-refractivity contribution in [2.75, 3.05) is 0 Å². The molecule has 4 rings (SSSR count). The molecule has 1 N–H and O–H groups in total. The van der Waals surface area contributed by atoms with Crippen molar-refractivity contribution in [1.82, 2.24) is 19.4 Å². The number of aromatic carboxylic acids is 1. The Morgan fingerprint density at radius 1 is 1.04 bits per heavy atom. The van der Waals surface area contributed by atoms with Crippen molar-refractivity contribution in [1.29, 1.82) is 0 Å². The molecule has 0 atom stereocenters. The molecule has 1 aromatic carbocycles. The van der Waals surface area contributed by atoms with Gasteiger partial charge in [-0.15, -0.1) is 0 Å². The molecule has 3 aromatic heterocycles. The fourth-order valence-electron chi connectivity index (χ4n) is 3.12. The number of rotatable bonds is 4. The van der Waals surface area contributed by atoms with Gasteiger partial charge >= 0.3 is 5.97 Å². The first kappa shape index (κ1) is 16.1. The van der Waals surface area contributed by atoms with Crippen LogP contribution in [0.25, 0.3) is 16.8 Å². The van der Waals surface area contributed by atoms with E-state index in [2.05, 4.69) is 23.3 Å². The average molecular weight is 346 g/mol. The van der Waals surface area contributed by atoms with Crippen molar-refractivity contribution < 1.29 is 9.90 Å². The van der Waals surface area contributed by atoms with Gasteiger partial charge in [-0.3, -0.25) is 4.68 Å². The van der Waals surface area contributed by atoms with Gasteiger partial charge in [0.25, 0.3) is 0 Å². The molecular formula is C20H18N4O2. The standard InChI is InChI=1S/C20H18N4O2/c1-13-8-16-11-18(15-6-4-3-5-7-15)22-24(16)17(9-13)12-23-14(2)10-19(21-23)20(25)26/h3-11H,12H2,1-2H3,(H,25,26). The summed E-state index contributed by atoms with van der Waals surface area (Å²) in [4.78, 5) is 11.2. The number of aryl methyl sites for hydroxylation is 2. The summed E-state index contributed by atoms with van der Waals surface area (Å²) in [5.74, 6) is -1.02. The van der Waals surface area contributed by atoms with Crippen molar-refractivity contribution in [2.45, 2.75) is 20.4 Å². The number of nitrogens with zero attached hydrogens (tertiary/aromatic N) is 4. The quantitative estimate of drug-likeness (QED) is 0.613. The van der Waals surface area contributed by atoms with E-state index in [0.29, 0.717) is 6.54 Å². The van der Waals surface area contributed by atoms with Gasteiger partial charge in [-0.25, -0.2) is 9.31 Å². The minimum Gasteiger partial charge on any atom is -0.476 e. The number of aromatic nitrogens is 4. The Kier molecular flexibility index (Phi) is 3.80. The van der Waals surface area contributed by atoms with Gasteiger partial charge in [-0.1, -0.05) is 30.3 Å². The summed E-state index contributed by atoms with van der Waals surface area (Å²) >= 11 is 0. The van der Waals surface area contributed by atoms with Gasteiger partial charge in [-0.05, 0) is 43.7 Å². The zero-order valence-corrected chi connectivity index (χ0v) is 14.5. The molecule has 3 heterocycles. The lowest BCUT2D eigenvalue weighted by molar-refractivity contribution is 0.0689. The van der Waals surface area contributed by atoms with Gasteiger partial charge < -0.3 is 5.11 Å². The Bertz CT molecular complexity index is 1110. The van der Waals surface area contributed by atoms with Crippen LogP contribution in [0.2, 0.25) is 0 Å². The highest BCUT2D eigenvalue weighted by molar-refractivity contribution is 5.85. The van der Waals surface area contributed by atoms with Crippen molar-refractivity contribution in [2.24, 2.45) is 0 Å². The zero-order valence-electron chi connectivity index (χ0n) is 14.5. The normalized spacial score (nSPS) is 11.2. The summed E-state index contributed by atoms with van der Waals surface area (Å²) < 4.78 is 3.60. The van der Waals surface area contributed by atoms with Gasteiger partial charge in [0, 0.05) is 11.3 Å². The number of benzene rings is 1. The number of hydrogen-bond acceptors (Lipinski definition) is 3. The molecule has 6 heteroatoms. The first-order valence-electron chi connectivity index (χ1n) is 8.34. The van der Waals surface area contributed by atoms with Crippen LogP contribution in [0, 0.1) is 13.8 Å². The lowest BCUT2D eigenvalue weighted by Gasteiger charge is -2.08. The van der Waals surface area contributed by atoms with Crippen LogP contribution in [-0.4, -0.2) is 30.5 Å². The Hall–Kier alpha value is -3.41. The van der Waals surface area contributed by atoms with Gasteiger partial charge in [0.15, 0.2) is 5.69 Å². The van der Waals surface area contributed by atoms with Gasteiger partial charge in [0.2, 0.25) is 0 Å². The van der Waals surface area contributed by atoms with Gasteiger partial charge in [-0.2, -0.15) is 10.2 Å². The number of fused-ring (bicyclic) bond motifs is 1. The van der Waals surface area contributed by atoms with Crippen molar-refractivity contribution in [3.05, 3.63) is 77.2 Å². The van der Waals surface area contributed by atoms with E-state index in [0.717, 1.165) is 33.7 Å². The topological polar surface area (TPSA) is 72.4 Å². The summed E-state index contributed by atoms with van der Waals surface area (Å²) in [6.45, 7) is 4.34. The molecule has 0 aliphatic rings. The molecule has 0 fully saturated rings. The Balaban J connectivity index is 1.80. The van der Waals surface area contributed by atoms with E-state index in [1.165, 1.54) is 0 Å². The van der Waals surface area contributed by atoms with Crippen molar-refractivity contribution >= 4 is 11.5 Å². The van der Waals surface area contributed by atoms with Crippen LogP contribution < -0.4 is 0 Å². The van der Waals surface area contributed by atoms with E-state index in [1.54, 1.807) is 10.7 Å². The third-order valence-corrected chi connectivity index (χ3v) is 4.36. The second kappa shape index (κ2) is 6.15. The molecule has 0 amide bonds. The van der Waals surface area contributed by atoms with Crippen molar-refractivity contribution in [3.8, 4) is 11.3 Å². The number of pyridine rings is 1. The highest BCUT2D eigenvalue weighted by Gasteiger charge is 2.13. The molecular weight excluding hydrogens is 328 g/mol. The van der Waals surface area contributed by atoms with Crippen LogP contribution in [-0.2, 0) is 6.54 Å². The number of carboxylic acids is 1. The molecule has 0 aliphatic heterocycles. The molecule has 130 valence electrons. The summed E-state index contributed by atoms with van der Waals surface area (Å²) in [5.41, 5.74) is 5.89. The number of carboxylic acid groups (broad SMARTS) is 1. The second-order valence-corrected chi connectivity index (χ2v) is 6.39. The van der Waals surface area contributed by atoms with Crippen LogP contribution in [0.1, 0.15) is 27.4 Å². The first-order chi connectivity index (χ1) is 12.5. The summed E-state index contributed by atoms with van der Waals surface area (Å²) in [5, 5.41) is 18.1. The lowest BCUT2D eigenvalue weighted by atomic mass is 10.1. The first-order valence-corrected chi connectivity index (χ1v) is 8.34. The largest absolute Gasteiger partial charge is 0.476 e. The molecule has 0 radical (unpaired) electrons. The van der Waals surface area contributed by atoms with Crippen LogP contribution in [0.15, 0.2) is 54.6 Å². The predicted octanol–water partition coefficient (Wildman–Crippen LogP) is 3.56. The third-order valence-electron chi connectivity index (χ3n) is 4.36. The smallest absolute Gasteiger partial charge is 0.356 e. The van der Waals surface area contributed by atoms with Crippen LogP contribution in [0.3, 0.4) is 0 Å². The van der Waals surface area contributed by atoms with E-state index in [1.807, 2.05) is 48.7 Å². The number of hydrogen-bond donors (Lipinski definition) is 1. The number of carbonyl (C=O) groups is 1. The van der Waals surface area contributed by atoms with Crippen LogP contribution in [0.4, 0.5) is 0 Å². The summed E-state index contributed by atoms with van der Waals surface area (Å²) in [6.07, 6.45) is 0. The molecule has 0 aliphatic carbocycles. The third kappa shape index (κ3) is 2.86. The van der Waals surface area contributed by atoms with Crippen LogP contribution in [0.5, 0.6) is 0 Å². The maximum atomic E-state index is 11.2. The molecule has 0 unspecified atom stereocenters. The van der Waals surface area contributed by atoms with Crippen molar-refractivity contribution in [3.63, 3.8) is 0 Å². The summed E-state index contributed by atoms with van der Waals surface area (Å²) in [7, 11) is 0. The van der Waals surface area contributed by atoms with Crippen LogP contribution >= 0.6 is 0 Å². The minimum absolute atomic E-state index is 0.0526. The monoisotopic (exact) mass is 346 g/mol. The van der Waals surface area contributed by atoms with Gasteiger partial charge in [0.05, 0.1) is 23.4 Å². The molecule has 0 bridgehead atoms. The second-order valence-electron chi connectivity index (χ2n) is 6.39. The van der Waals surface area contributed by atoms with E-state index in [9.17, 15) is 4.79 Å². The molecule has 6 nitrogen and oxygen atoms in total. The van der Waals surface area contributed by atoms with Gasteiger partial charge in [0.1, 0.15) is 0 Å². The zero-order chi connectivity index (χ0) is 18.3. The Morgan fingerprint density at radius 2 is 1.81 bits per heavy atom. The Morgan fingerprint density at radius 3 is 2.50 bits per heavy atom. The maximum Gasteiger partial charge on any atom is 0.356 e. The molecule has 0 saturated carbocycles. The molecule has 26 heavy (non-hydrogen) atoms.